The van der Waals surface area contributed by atoms with Crippen LogP contribution >= 0.6 is 15.9 Å². The van der Waals surface area contributed by atoms with Gasteiger partial charge in [0.15, 0.2) is 0 Å². The summed E-state index contributed by atoms with van der Waals surface area (Å²) in [4.78, 5) is 11.1. The van der Waals surface area contributed by atoms with Gasteiger partial charge in [-0.15, -0.1) is 0 Å². The van der Waals surface area contributed by atoms with Crippen molar-refractivity contribution in [3.8, 4) is 11.5 Å². The van der Waals surface area contributed by atoms with E-state index in [-0.39, 0.29) is 11.3 Å². The largest absolute Gasteiger partial charge is 0.478 e. The molecule has 0 fully saturated rings. The molecular formula is C13H10BrNO3. The Bertz CT molecular complexity index is 581. The molecule has 2 aromatic rings. The number of ether oxygens (including phenoxy) is 1. The highest BCUT2D eigenvalue weighted by molar-refractivity contribution is 9.10. The van der Waals surface area contributed by atoms with E-state index < -0.39 is 5.97 Å². The van der Waals surface area contributed by atoms with Crippen molar-refractivity contribution < 1.29 is 14.6 Å². The van der Waals surface area contributed by atoms with Crippen molar-refractivity contribution in [2.45, 2.75) is 0 Å². The van der Waals surface area contributed by atoms with Gasteiger partial charge in [0.1, 0.15) is 17.1 Å². The monoisotopic (exact) mass is 307 g/mol. The summed E-state index contributed by atoms with van der Waals surface area (Å²) < 4.78 is 6.29. The highest BCUT2D eigenvalue weighted by Crippen LogP contribution is 2.29. The number of hydrogen-bond donors (Lipinski definition) is 2. The van der Waals surface area contributed by atoms with Crippen LogP contribution in [0, 0.1) is 0 Å². The Hall–Kier alpha value is -2.01. The number of anilines is 1. The van der Waals surface area contributed by atoms with Crippen molar-refractivity contribution in [3.63, 3.8) is 0 Å². The molecule has 0 radical (unpaired) electrons. The van der Waals surface area contributed by atoms with Crippen LogP contribution in [0.2, 0.25) is 0 Å². The summed E-state index contributed by atoms with van der Waals surface area (Å²) in [6.45, 7) is 0. The van der Waals surface area contributed by atoms with Gasteiger partial charge in [0.05, 0.1) is 0 Å². The lowest BCUT2D eigenvalue weighted by Crippen LogP contribution is -1.99. The number of carbonyl (C=O) groups is 1. The average Bonchev–Trinajstić information content (AvgIpc) is 2.32. The standard InChI is InChI=1S/C13H10BrNO3/c14-8-1-6-11(13(16)17)12(7-8)18-10-4-2-9(15)3-5-10/h1-7H,15H2,(H,16,17). The third-order valence-electron chi connectivity index (χ3n) is 2.28. The molecule has 0 aliphatic carbocycles. The summed E-state index contributed by atoms with van der Waals surface area (Å²) in [7, 11) is 0. The first-order chi connectivity index (χ1) is 8.56. The molecule has 92 valence electrons. The molecule has 5 heteroatoms. The lowest BCUT2D eigenvalue weighted by Gasteiger charge is -2.09. The molecule has 0 bridgehead atoms. The number of halogens is 1. The fourth-order valence-electron chi connectivity index (χ4n) is 1.42. The SMILES string of the molecule is Nc1ccc(Oc2cc(Br)ccc2C(=O)O)cc1. The summed E-state index contributed by atoms with van der Waals surface area (Å²) in [5, 5.41) is 9.06. The molecule has 0 unspecified atom stereocenters. The van der Waals surface area contributed by atoms with Crippen molar-refractivity contribution in [2.24, 2.45) is 0 Å². The van der Waals surface area contributed by atoms with Gasteiger partial charge in [0, 0.05) is 10.2 Å². The van der Waals surface area contributed by atoms with E-state index in [0.29, 0.717) is 11.4 Å². The molecule has 3 N–H and O–H groups in total. The predicted molar refractivity (Wildman–Crippen MR) is 72.0 cm³/mol. The number of carboxylic acid groups (broad SMARTS) is 1. The van der Waals surface area contributed by atoms with Gasteiger partial charge in [0.25, 0.3) is 0 Å². The second-order valence-electron chi connectivity index (χ2n) is 3.62. The van der Waals surface area contributed by atoms with Crippen LogP contribution in [0.5, 0.6) is 11.5 Å². The second kappa shape index (κ2) is 5.10. The molecule has 0 aliphatic heterocycles. The number of aromatic carboxylic acids is 1. The molecule has 0 spiro atoms. The van der Waals surface area contributed by atoms with E-state index in [9.17, 15) is 4.79 Å². The maximum absolute atomic E-state index is 11.1. The Morgan fingerprint density at radius 1 is 1.17 bits per heavy atom. The second-order valence-corrected chi connectivity index (χ2v) is 4.53. The van der Waals surface area contributed by atoms with Crippen LogP contribution in [0.3, 0.4) is 0 Å². The van der Waals surface area contributed by atoms with E-state index in [1.807, 2.05) is 0 Å². The van der Waals surface area contributed by atoms with Gasteiger partial charge in [-0.1, -0.05) is 15.9 Å². The smallest absolute Gasteiger partial charge is 0.339 e. The maximum atomic E-state index is 11.1. The predicted octanol–water partition coefficient (Wildman–Crippen LogP) is 3.52. The van der Waals surface area contributed by atoms with Gasteiger partial charge in [-0.2, -0.15) is 0 Å². The first kappa shape index (κ1) is 12.4. The van der Waals surface area contributed by atoms with Crippen molar-refractivity contribution in [2.75, 3.05) is 5.73 Å². The zero-order chi connectivity index (χ0) is 13.1. The number of nitrogen functional groups attached to an aromatic ring is 1. The highest BCUT2D eigenvalue weighted by atomic mass is 79.9. The van der Waals surface area contributed by atoms with E-state index in [4.69, 9.17) is 15.6 Å². The van der Waals surface area contributed by atoms with Gasteiger partial charge in [-0.3, -0.25) is 0 Å². The molecule has 0 aliphatic rings. The van der Waals surface area contributed by atoms with E-state index >= 15 is 0 Å². The Kier molecular flexibility index (Phi) is 3.53. The zero-order valence-electron chi connectivity index (χ0n) is 9.26. The lowest BCUT2D eigenvalue weighted by atomic mass is 10.2. The van der Waals surface area contributed by atoms with Crippen LogP contribution in [0.25, 0.3) is 0 Å². The Balaban J connectivity index is 2.35. The lowest BCUT2D eigenvalue weighted by molar-refractivity contribution is 0.0694. The van der Waals surface area contributed by atoms with Crippen LogP contribution in [-0.4, -0.2) is 11.1 Å². The van der Waals surface area contributed by atoms with E-state index in [1.54, 1.807) is 36.4 Å². The van der Waals surface area contributed by atoms with Crippen LogP contribution in [-0.2, 0) is 0 Å². The fourth-order valence-corrected chi connectivity index (χ4v) is 1.76. The summed E-state index contributed by atoms with van der Waals surface area (Å²) >= 11 is 3.28. The van der Waals surface area contributed by atoms with Crippen LogP contribution in [0.1, 0.15) is 10.4 Å². The minimum absolute atomic E-state index is 0.107. The molecule has 0 saturated heterocycles. The Morgan fingerprint density at radius 3 is 2.44 bits per heavy atom. The van der Waals surface area contributed by atoms with Crippen molar-refractivity contribution in [3.05, 3.63) is 52.5 Å². The molecule has 0 amide bonds. The minimum Gasteiger partial charge on any atom is -0.478 e. The quantitative estimate of drug-likeness (QED) is 0.851. The van der Waals surface area contributed by atoms with Gasteiger partial charge >= 0.3 is 5.97 Å². The molecule has 4 nitrogen and oxygen atoms in total. The van der Waals surface area contributed by atoms with Gasteiger partial charge in [0.2, 0.25) is 0 Å². The molecule has 0 aromatic heterocycles. The van der Waals surface area contributed by atoms with Crippen molar-refractivity contribution >= 4 is 27.6 Å². The van der Waals surface area contributed by atoms with Crippen LogP contribution in [0.15, 0.2) is 46.9 Å². The molecule has 2 aromatic carbocycles. The third kappa shape index (κ3) is 2.81. The molecule has 18 heavy (non-hydrogen) atoms. The normalized spacial score (nSPS) is 10.1. The van der Waals surface area contributed by atoms with Crippen molar-refractivity contribution in [1.82, 2.24) is 0 Å². The Morgan fingerprint density at radius 2 is 1.83 bits per heavy atom. The Labute approximate surface area is 112 Å². The minimum atomic E-state index is -1.03. The average molecular weight is 308 g/mol. The van der Waals surface area contributed by atoms with Crippen LogP contribution in [0.4, 0.5) is 5.69 Å². The van der Waals surface area contributed by atoms with Crippen LogP contribution < -0.4 is 10.5 Å². The summed E-state index contributed by atoms with van der Waals surface area (Å²) in [6, 6.07) is 11.5. The molecule has 0 saturated carbocycles. The first-order valence-electron chi connectivity index (χ1n) is 5.12. The number of hydrogen-bond acceptors (Lipinski definition) is 3. The topological polar surface area (TPSA) is 72.5 Å². The summed E-state index contributed by atoms with van der Waals surface area (Å²) in [6.07, 6.45) is 0. The number of nitrogens with two attached hydrogens (primary N) is 1. The summed E-state index contributed by atoms with van der Waals surface area (Å²) in [5.74, 6) is -0.223. The highest BCUT2D eigenvalue weighted by Gasteiger charge is 2.12. The number of rotatable bonds is 3. The van der Waals surface area contributed by atoms with E-state index in [0.717, 1.165) is 4.47 Å². The third-order valence-corrected chi connectivity index (χ3v) is 2.78. The molecule has 2 rings (SSSR count). The number of benzene rings is 2. The van der Waals surface area contributed by atoms with E-state index in [1.165, 1.54) is 6.07 Å². The fraction of sp³-hybridized carbons (Fsp3) is 0. The molecule has 0 heterocycles. The zero-order valence-corrected chi connectivity index (χ0v) is 10.8. The van der Waals surface area contributed by atoms with Gasteiger partial charge in [-0.25, -0.2) is 4.79 Å². The molecule has 0 atom stereocenters. The molecular weight excluding hydrogens is 298 g/mol. The summed E-state index contributed by atoms with van der Waals surface area (Å²) in [5.41, 5.74) is 6.29. The first-order valence-corrected chi connectivity index (χ1v) is 5.92. The van der Waals surface area contributed by atoms with Gasteiger partial charge < -0.3 is 15.6 Å². The maximum Gasteiger partial charge on any atom is 0.339 e. The number of carboxylic acids is 1. The van der Waals surface area contributed by atoms with Crippen molar-refractivity contribution in [1.29, 1.82) is 0 Å². The van der Waals surface area contributed by atoms with E-state index in [2.05, 4.69) is 15.9 Å². The van der Waals surface area contributed by atoms with Gasteiger partial charge in [-0.05, 0) is 42.5 Å².